The fourth-order valence-corrected chi connectivity index (χ4v) is 2.24. The van der Waals surface area contributed by atoms with Gasteiger partial charge in [0.1, 0.15) is 11.9 Å². The lowest BCUT2D eigenvalue weighted by atomic mass is 10.2. The van der Waals surface area contributed by atoms with Crippen molar-refractivity contribution in [3.05, 3.63) is 30.1 Å². The molecule has 2 amide bonds. The average Bonchev–Trinajstić information content (AvgIpc) is 2.86. The minimum atomic E-state index is -1.00. The number of carboxylic acids is 1. The number of likely N-dealkylation sites (tertiary alicyclic amines) is 1. The van der Waals surface area contributed by atoms with Gasteiger partial charge in [0.15, 0.2) is 0 Å². The van der Waals surface area contributed by atoms with Crippen molar-refractivity contribution in [3.8, 4) is 0 Å². The lowest BCUT2D eigenvalue weighted by Crippen LogP contribution is -2.46. The van der Waals surface area contributed by atoms with Crippen molar-refractivity contribution in [2.75, 3.05) is 18.5 Å². The van der Waals surface area contributed by atoms with Gasteiger partial charge in [0, 0.05) is 19.3 Å². The molecule has 19 heavy (non-hydrogen) atoms. The van der Waals surface area contributed by atoms with Crippen LogP contribution in [0.4, 0.5) is 14.9 Å². The minimum Gasteiger partial charge on any atom is -0.480 e. The molecule has 0 aromatic heterocycles. The molecule has 1 atom stereocenters. The highest BCUT2D eigenvalue weighted by atomic mass is 19.1. The van der Waals surface area contributed by atoms with E-state index < -0.39 is 23.9 Å². The van der Waals surface area contributed by atoms with Crippen LogP contribution in [0.5, 0.6) is 0 Å². The largest absolute Gasteiger partial charge is 0.480 e. The number of halogens is 1. The van der Waals surface area contributed by atoms with Crippen LogP contribution in [0.25, 0.3) is 0 Å². The topological polar surface area (TPSA) is 60.9 Å². The van der Waals surface area contributed by atoms with E-state index in [4.69, 9.17) is 5.11 Å². The SMILES string of the molecule is CN(C(=O)N1CCCC1C(=O)O)c1cccc(F)c1. The molecule has 0 saturated carbocycles. The predicted octanol–water partition coefficient (Wildman–Crippen LogP) is 1.93. The Kier molecular flexibility index (Phi) is 3.69. The highest BCUT2D eigenvalue weighted by Crippen LogP contribution is 2.22. The molecule has 1 heterocycles. The van der Waals surface area contributed by atoms with Crippen LogP contribution in [0.2, 0.25) is 0 Å². The maximum absolute atomic E-state index is 13.1. The fraction of sp³-hybridized carbons (Fsp3) is 0.385. The van der Waals surface area contributed by atoms with Crippen molar-refractivity contribution in [2.24, 2.45) is 0 Å². The van der Waals surface area contributed by atoms with E-state index in [-0.39, 0.29) is 0 Å². The zero-order valence-electron chi connectivity index (χ0n) is 10.5. The number of carbonyl (C=O) groups excluding carboxylic acids is 1. The molecule has 1 N–H and O–H groups in total. The van der Waals surface area contributed by atoms with Crippen LogP contribution >= 0.6 is 0 Å². The van der Waals surface area contributed by atoms with Gasteiger partial charge in [-0.05, 0) is 31.0 Å². The number of carboxylic acid groups (broad SMARTS) is 1. The molecule has 1 aromatic carbocycles. The lowest BCUT2D eigenvalue weighted by molar-refractivity contribution is -0.141. The van der Waals surface area contributed by atoms with Gasteiger partial charge in [-0.2, -0.15) is 0 Å². The molecule has 1 fully saturated rings. The molecular formula is C13H15FN2O3. The molecule has 2 rings (SSSR count). The van der Waals surface area contributed by atoms with E-state index in [9.17, 15) is 14.0 Å². The van der Waals surface area contributed by atoms with Crippen LogP contribution < -0.4 is 4.90 Å². The molecule has 0 radical (unpaired) electrons. The molecule has 6 heteroatoms. The number of rotatable bonds is 2. The van der Waals surface area contributed by atoms with Crippen molar-refractivity contribution in [2.45, 2.75) is 18.9 Å². The monoisotopic (exact) mass is 266 g/mol. The van der Waals surface area contributed by atoms with E-state index in [0.29, 0.717) is 25.1 Å². The van der Waals surface area contributed by atoms with E-state index in [1.165, 1.54) is 35.0 Å². The van der Waals surface area contributed by atoms with Crippen molar-refractivity contribution >= 4 is 17.7 Å². The van der Waals surface area contributed by atoms with Gasteiger partial charge in [-0.1, -0.05) is 6.07 Å². The number of nitrogens with zero attached hydrogens (tertiary/aromatic N) is 2. The fourth-order valence-electron chi connectivity index (χ4n) is 2.24. The van der Waals surface area contributed by atoms with Gasteiger partial charge in [0.2, 0.25) is 0 Å². The van der Waals surface area contributed by atoms with Crippen LogP contribution in [-0.4, -0.2) is 41.6 Å². The summed E-state index contributed by atoms with van der Waals surface area (Å²) >= 11 is 0. The van der Waals surface area contributed by atoms with E-state index in [0.717, 1.165) is 0 Å². The molecule has 0 aliphatic carbocycles. The smallest absolute Gasteiger partial charge is 0.326 e. The molecule has 1 aliphatic heterocycles. The van der Waals surface area contributed by atoms with E-state index in [1.807, 2.05) is 0 Å². The first-order chi connectivity index (χ1) is 9.00. The molecule has 0 bridgehead atoms. The van der Waals surface area contributed by atoms with Crippen molar-refractivity contribution in [1.82, 2.24) is 4.90 Å². The van der Waals surface area contributed by atoms with Gasteiger partial charge in [-0.25, -0.2) is 14.0 Å². The molecule has 1 unspecified atom stereocenters. The zero-order chi connectivity index (χ0) is 14.0. The van der Waals surface area contributed by atoms with Gasteiger partial charge in [-0.3, -0.25) is 4.90 Å². The third kappa shape index (κ3) is 2.67. The quantitative estimate of drug-likeness (QED) is 0.889. The first-order valence-corrected chi connectivity index (χ1v) is 6.03. The highest BCUT2D eigenvalue weighted by Gasteiger charge is 2.35. The van der Waals surface area contributed by atoms with Gasteiger partial charge < -0.3 is 10.0 Å². The van der Waals surface area contributed by atoms with Crippen LogP contribution in [0.3, 0.4) is 0 Å². The normalized spacial score (nSPS) is 18.4. The Morgan fingerprint density at radius 2 is 2.21 bits per heavy atom. The van der Waals surface area contributed by atoms with Crippen molar-refractivity contribution in [3.63, 3.8) is 0 Å². The van der Waals surface area contributed by atoms with Gasteiger partial charge in [0.05, 0.1) is 0 Å². The van der Waals surface area contributed by atoms with Gasteiger partial charge in [0.25, 0.3) is 0 Å². The van der Waals surface area contributed by atoms with Crippen LogP contribution in [0.15, 0.2) is 24.3 Å². The standard InChI is InChI=1S/C13H15FN2O3/c1-15(10-5-2-4-9(14)8-10)13(19)16-7-3-6-11(16)12(17)18/h2,4-5,8,11H,3,6-7H2,1H3,(H,17,18). The first-order valence-electron chi connectivity index (χ1n) is 6.03. The van der Waals surface area contributed by atoms with Crippen molar-refractivity contribution < 1.29 is 19.1 Å². The maximum Gasteiger partial charge on any atom is 0.326 e. The number of aliphatic carboxylic acids is 1. The number of carbonyl (C=O) groups is 2. The first kappa shape index (κ1) is 13.3. The Morgan fingerprint density at radius 1 is 1.47 bits per heavy atom. The predicted molar refractivity (Wildman–Crippen MR) is 67.6 cm³/mol. The Bertz CT molecular complexity index is 506. The number of benzene rings is 1. The molecular weight excluding hydrogens is 251 g/mol. The minimum absolute atomic E-state index is 0.404. The van der Waals surface area contributed by atoms with Crippen LogP contribution in [-0.2, 0) is 4.79 Å². The second-order valence-electron chi connectivity index (χ2n) is 4.51. The average molecular weight is 266 g/mol. The van der Waals surface area contributed by atoms with E-state index in [1.54, 1.807) is 6.07 Å². The number of amides is 2. The summed E-state index contributed by atoms with van der Waals surface area (Å²) in [6.07, 6.45) is 1.12. The lowest BCUT2D eigenvalue weighted by Gasteiger charge is -2.27. The van der Waals surface area contributed by atoms with Crippen LogP contribution in [0, 0.1) is 5.82 Å². The summed E-state index contributed by atoms with van der Waals surface area (Å²) in [5, 5.41) is 9.06. The third-order valence-corrected chi connectivity index (χ3v) is 3.27. The molecule has 102 valence electrons. The summed E-state index contributed by atoms with van der Waals surface area (Å²) in [5.41, 5.74) is 0.404. The number of urea groups is 1. The van der Waals surface area contributed by atoms with E-state index in [2.05, 4.69) is 0 Å². The molecule has 1 aromatic rings. The number of hydrogen-bond acceptors (Lipinski definition) is 2. The highest BCUT2D eigenvalue weighted by molar-refractivity contribution is 5.94. The summed E-state index contributed by atoms with van der Waals surface area (Å²) in [6.45, 7) is 0.412. The Morgan fingerprint density at radius 3 is 2.84 bits per heavy atom. The second kappa shape index (κ2) is 5.26. The summed E-state index contributed by atoms with van der Waals surface area (Å²) in [6, 6.07) is 4.43. The molecule has 1 saturated heterocycles. The van der Waals surface area contributed by atoms with Gasteiger partial charge >= 0.3 is 12.0 Å². The summed E-state index contributed by atoms with van der Waals surface area (Å²) in [5.74, 6) is -1.44. The Labute approximate surface area is 110 Å². The van der Waals surface area contributed by atoms with Gasteiger partial charge in [-0.15, -0.1) is 0 Å². The summed E-state index contributed by atoms with van der Waals surface area (Å²) in [4.78, 5) is 25.9. The van der Waals surface area contributed by atoms with E-state index >= 15 is 0 Å². The second-order valence-corrected chi connectivity index (χ2v) is 4.51. The molecule has 1 aliphatic rings. The molecule has 5 nitrogen and oxygen atoms in total. The zero-order valence-corrected chi connectivity index (χ0v) is 10.5. The number of anilines is 1. The Hall–Kier alpha value is -2.11. The summed E-state index contributed by atoms with van der Waals surface area (Å²) in [7, 11) is 1.51. The summed E-state index contributed by atoms with van der Waals surface area (Å²) < 4.78 is 13.1. The maximum atomic E-state index is 13.1. The van der Waals surface area contributed by atoms with Crippen LogP contribution in [0.1, 0.15) is 12.8 Å². The molecule has 0 spiro atoms. The Balaban J connectivity index is 2.17. The van der Waals surface area contributed by atoms with Crippen molar-refractivity contribution in [1.29, 1.82) is 0 Å². The third-order valence-electron chi connectivity index (χ3n) is 3.27. The number of hydrogen-bond donors (Lipinski definition) is 1.